The van der Waals surface area contributed by atoms with Crippen molar-refractivity contribution in [3.8, 4) is 0 Å². The summed E-state index contributed by atoms with van der Waals surface area (Å²) < 4.78 is 18.7. The van der Waals surface area contributed by atoms with Crippen molar-refractivity contribution in [1.82, 2.24) is 9.80 Å². The highest BCUT2D eigenvalue weighted by Crippen LogP contribution is 2.33. The number of nitrogens with zero attached hydrogens (tertiary/aromatic N) is 3. The minimum absolute atomic E-state index is 0.0635. The van der Waals surface area contributed by atoms with Gasteiger partial charge in [-0.15, -0.1) is 0 Å². The number of Topliss-reactive ketones (excluding diaryl/α,β-unsaturated/α-hetero) is 1. The molecule has 3 aliphatic heterocycles. The molecule has 1 atom stereocenters. The van der Waals surface area contributed by atoms with Gasteiger partial charge in [-0.3, -0.25) is 24.1 Å². The molecule has 8 nitrogen and oxygen atoms in total. The van der Waals surface area contributed by atoms with Crippen LogP contribution in [-0.2, 0) is 9.53 Å². The quantitative estimate of drug-likeness (QED) is 0.436. The van der Waals surface area contributed by atoms with Gasteiger partial charge in [-0.25, -0.2) is 4.39 Å². The maximum Gasteiger partial charge on any atom is 0.263 e. The second-order valence-corrected chi connectivity index (χ2v) is 9.35. The van der Waals surface area contributed by atoms with Crippen LogP contribution in [0.4, 0.5) is 10.1 Å². The van der Waals surface area contributed by atoms with Gasteiger partial charge in [-0.2, -0.15) is 0 Å². The number of imide groups is 1. The number of amides is 3. The van der Waals surface area contributed by atoms with Crippen molar-refractivity contribution in [1.29, 1.82) is 0 Å². The van der Waals surface area contributed by atoms with Crippen molar-refractivity contribution < 1.29 is 28.3 Å². The van der Waals surface area contributed by atoms with Gasteiger partial charge in [-0.05, 0) is 49.2 Å². The van der Waals surface area contributed by atoms with E-state index in [9.17, 15) is 23.6 Å². The first kappa shape index (κ1) is 24.1. The van der Waals surface area contributed by atoms with Gasteiger partial charge in [0.1, 0.15) is 5.82 Å². The molecule has 0 radical (unpaired) electrons. The number of hydrogen-bond acceptors (Lipinski definition) is 6. The Morgan fingerprint density at radius 3 is 2.39 bits per heavy atom. The number of anilines is 1. The predicted octanol–water partition coefficient (Wildman–Crippen LogP) is 2.91. The van der Waals surface area contributed by atoms with E-state index in [-0.39, 0.29) is 49.0 Å². The number of ether oxygens (including phenoxy) is 1. The Labute approximate surface area is 208 Å². The van der Waals surface area contributed by atoms with Gasteiger partial charge >= 0.3 is 0 Å². The number of ketones is 1. The molecule has 188 valence electrons. The summed E-state index contributed by atoms with van der Waals surface area (Å²) in [5.74, 6) is -1.30. The summed E-state index contributed by atoms with van der Waals surface area (Å²) in [7, 11) is 0. The molecule has 5 rings (SSSR count). The van der Waals surface area contributed by atoms with Crippen LogP contribution >= 0.6 is 0 Å². The first-order chi connectivity index (χ1) is 17.4. The number of fused-ring (bicyclic) bond motifs is 1. The Hall–Kier alpha value is -3.59. The van der Waals surface area contributed by atoms with Gasteiger partial charge in [0.05, 0.1) is 29.5 Å². The van der Waals surface area contributed by atoms with E-state index in [0.29, 0.717) is 55.2 Å². The van der Waals surface area contributed by atoms with Crippen molar-refractivity contribution in [3.05, 3.63) is 65.0 Å². The Bertz CT molecular complexity index is 1180. The van der Waals surface area contributed by atoms with Crippen LogP contribution in [0.2, 0.25) is 0 Å². The number of carbonyl (C=O) groups excluding carboxylic acids is 4. The molecule has 0 N–H and O–H groups in total. The van der Waals surface area contributed by atoms with Gasteiger partial charge < -0.3 is 14.5 Å². The number of hydrogen-bond donors (Lipinski definition) is 0. The summed E-state index contributed by atoms with van der Waals surface area (Å²) in [6.07, 6.45) is 1.81. The number of piperazine rings is 1. The summed E-state index contributed by atoms with van der Waals surface area (Å²) >= 11 is 0. The fourth-order valence-corrected chi connectivity index (χ4v) is 5.09. The van der Waals surface area contributed by atoms with Crippen LogP contribution in [-0.4, -0.2) is 78.7 Å². The molecule has 2 saturated heterocycles. The van der Waals surface area contributed by atoms with E-state index in [0.717, 1.165) is 12.8 Å². The number of benzene rings is 2. The highest BCUT2D eigenvalue weighted by molar-refractivity contribution is 6.23. The lowest BCUT2D eigenvalue weighted by Gasteiger charge is -2.36. The predicted molar refractivity (Wildman–Crippen MR) is 130 cm³/mol. The van der Waals surface area contributed by atoms with Gasteiger partial charge in [0.2, 0.25) is 5.91 Å². The van der Waals surface area contributed by atoms with Crippen LogP contribution in [0.3, 0.4) is 0 Å². The lowest BCUT2D eigenvalue weighted by molar-refractivity contribution is -0.131. The largest absolute Gasteiger partial charge is 0.376 e. The number of halogens is 1. The minimum Gasteiger partial charge on any atom is -0.376 e. The zero-order chi connectivity index (χ0) is 25.2. The molecule has 0 bridgehead atoms. The second-order valence-electron chi connectivity index (χ2n) is 9.35. The lowest BCUT2D eigenvalue weighted by atomic mass is 10.1. The highest BCUT2D eigenvalue weighted by Gasteiger charge is 2.40. The third kappa shape index (κ3) is 4.75. The van der Waals surface area contributed by atoms with E-state index in [1.807, 2.05) is 11.0 Å². The summed E-state index contributed by atoms with van der Waals surface area (Å²) in [5.41, 5.74) is 1.93. The summed E-state index contributed by atoms with van der Waals surface area (Å²) in [6, 6.07) is 10.6. The Balaban J connectivity index is 1.19. The molecule has 0 saturated carbocycles. The zero-order valence-corrected chi connectivity index (χ0v) is 20.0. The Morgan fingerprint density at radius 2 is 1.69 bits per heavy atom. The van der Waals surface area contributed by atoms with E-state index in [4.69, 9.17) is 4.74 Å². The smallest absolute Gasteiger partial charge is 0.263 e. The fourth-order valence-electron chi connectivity index (χ4n) is 5.09. The Kier molecular flexibility index (Phi) is 6.82. The molecule has 2 fully saturated rings. The molecule has 0 spiro atoms. The van der Waals surface area contributed by atoms with E-state index in [1.165, 1.54) is 29.2 Å². The normalized spacial score (nSPS) is 19.7. The molecule has 2 aromatic carbocycles. The van der Waals surface area contributed by atoms with Crippen molar-refractivity contribution in [3.63, 3.8) is 0 Å². The number of carbonyl (C=O) groups is 4. The van der Waals surface area contributed by atoms with Gasteiger partial charge in [-0.1, -0.05) is 6.07 Å². The van der Waals surface area contributed by atoms with E-state index < -0.39 is 5.82 Å². The topological polar surface area (TPSA) is 87.2 Å². The third-order valence-electron chi connectivity index (χ3n) is 7.09. The standard InChI is InChI=1S/C27H28FN3O5/c28-19-8-6-18(7-9-19)23(32)10-11-24(33)30-14-12-29(13-15-30)22-5-1-4-21-25(22)27(35)31(26(21)34)17-20-3-2-16-36-20/h1,4-9,20H,2-3,10-17H2/t20-/m1/s1. The first-order valence-corrected chi connectivity index (χ1v) is 12.3. The number of rotatable bonds is 7. The van der Waals surface area contributed by atoms with Crippen LogP contribution < -0.4 is 4.90 Å². The molecule has 3 heterocycles. The van der Waals surface area contributed by atoms with E-state index in [1.54, 1.807) is 17.0 Å². The summed E-state index contributed by atoms with van der Waals surface area (Å²) in [6.45, 7) is 2.86. The molecular formula is C27H28FN3O5. The minimum atomic E-state index is -0.411. The second kappa shape index (κ2) is 10.2. The average Bonchev–Trinajstić information content (AvgIpc) is 3.50. The van der Waals surface area contributed by atoms with E-state index in [2.05, 4.69) is 0 Å². The molecule has 3 amide bonds. The maximum atomic E-state index is 13.2. The molecule has 0 aliphatic carbocycles. The van der Waals surface area contributed by atoms with Crippen LogP contribution in [0, 0.1) is 5.82 Å². The molecular weight excluding hydrogens is 465 g/mol. The van der Waals surface area contributed by atoms with E-state index >= 15 is 0 Å². The van der Waals surface area contributed by atoms with Crippen molar-refractivity contribution in [2.75, 3.05) is 44.2 Å². The SMILES string of the molecule is O=C(CCC(=O)N1CCN(c2cccc3c2C(=O)N(C[C@H]2CCCO2)C3=O)CC1)c1ccc(F)cc1. The van der Waals surface area contributed by atoms with Gasteiger partial charge in [0, 0.05) is 51.2 Å². The molecule has 9 heteroatoms. The van der Waals surface area contributed by atoms with Crippen LogP contribution in [0.15, 0.2) is 42.5 Å². The third-order valence-corrected chi connectivity index (χ3v) is 7.09. The zero-order valence-electron chi connectivity index (χ0n) is 20.0. The van der Waals surface area contributed by atoms with Crippen LogP contribution in [0.1, 0.15) is 56.8 Å². The molecule has 36 heavy (non-hydrogen) atoms. The first-order valence-electron chi connectivity index (χ1n) is 12.3. The highest BCUT2D eigenvalue weighted by atomic mass is 19.1. The summed E-state index contributed by atoms with van der Waals surface area (Å²) in [4.78, 5) is 56.2. The molecule has 0 unspecified atom stereocenters. The van der Waals surface area contributed by atoms with Crippen molar-refractivity contribution >= 4 is 29.2 Å². The van der Waals surface area contributed by atoms with Crippen LogP contribution in [0.25, 0.3) is 0 Å². The Morgan fingerprint density at radius 1 is 0.944 bits per heavy atom. The maximum absolute atomic E-state index is 13.2. The molecule has 3 aliphatic rings. The molecule has 2 aromatic rings. The van der Waals surface area contributed by atoms with Crippen molar-refractivity contribution in [2.45, 2.75) is 31.8 Å². The lowest BCUT2D eigenvalue weighted by Crippen LogP contribution is -2.49. The summed E-state index contributed by atoms with van der Waals surface area (Å²) in [5, 5.41) is 0. The molecule has 0 aromatic heterocycles. The fraction of sp³-hybridized carbons (Fsp3) is 0.407. The van der Waals surface area contributed by atoms with Crippen molar-refractivity contribution in [2.24, 2.45) is 0 Å². The average molecular weight is 494 g/mol. The monoisotopic (exact) mass is 493 g/mol. The van der Waals surface area contributed by atoms with Crippen LogP contribution in [0.5, 0.6) is 0 Å². The van der Waals surface area contributed by atoms with Gasteiger partial charge in [0.15, 0.2) is 5.78 Å². The van der Waals surface area contributed by atoms with Gasteiger partial charge in [0.25, 0.3) is 11.8 Å².